The van der Waals surface area contributed by atoms with Crippen molar-refractivity contribution in [1.82, 2.24) is 9.78 Å². The molecule has 1 heterocycles. The van der Waals surface area contributed by atoms with E-state index in [9.17, 15) is 0 Å². The summed E-state index contributed by atoms with van der Waals surface area (Å²) in [6.45, 7) is 3.49. The molecule has 4 heteroatoms. The molecule has 0 N–H and O–H groups in total. The fourth-order valence-electron chi connectivity index (χ4n) is 0.960. The van der Waals surface area contributed by atoms with Crippen molar-refractivity contribution in [3.63, 3.8) is 0 Å². The molecule has 0 saturated carbocycles. The lowest BCUT2D eigenvalue weighted by Gasteiger charge is -2.02. The van der Waals surface area contributed by atoms with Gasteiger partial charge in [-0.3, -0.25) is 0 Å². The predicted octanol–water partition coefficient (Wildman–Crippen LogP) is 1.78. The molecule has 1 aromatic heterocycles. The molecule has 0 spiro atoms. The summed E-state index contributed by atoms with van der Waals surface area (Å²) in [5, 5.41) is 4.17. The average Bonchev–Trinajstić information content (AvgIpc) is 2.60. The van der Waals surface area contributed by atoms with E-state index in [2.05, 4.69) is 18.3 Å². The SMILES string of the molecule is CCc1cnn(COCCSC)c1. The molecular formula is C9H16N2OS. The van der Waals surface area contributed by atoms with Crippen LogP contribution in [0.4, 0.5) is 0 Å². The Morgan fingerprint density at radius 2 is 2.46 bits per heavy atom. The van der Waals surface area contributed by atoms with Gasteiger partial charge >= 0.3 is 0 Å². The van der Waals surface area contributed by atoms with E-state index in [1.807, 2.05) is 17.1 Å². The molecule has 3 nitrogen and oxygen atoms in total. The van der Waals surface area contributed by atoms with Crippen molar-refractivity contribution in [2.24, 2.45) is 0 Å². The lowest BCUT2D eigenvalue weighted by molar-refractivity contribution is 0.0811. The highest BCUT2D eigenvalue weighted by Gasteiger charge is 1.95. The van der Waals surface area contributed by atoms with Crippen LogP contribution in [-0.2, 0) is 17.9 Å². The van der Waals surface area contributed by atoms with Crippen LogP contribution in [0.5, 0.6) is 0 Å². The standard InChI is InChI=1S/C9H16N2OS/c1-3-9-6-10-11(7-9)8-12-4-5-13-2/h6-7H,3-5,8H2,1-2H3. The Kier molecular flexibility index (Phi) is 4.93. The molecule has 0 aliphatic heterocycles. The van der Waals surface area contributed by atoms with E-state index in [4.69, 9.17) is 4.74 Å². The molecule has 0 unspecified atom stereocenters. The number of rotatable bonds is 6. The first-order chi connectivity index (χ1) is 6.36. The average molecular weight is 200 g/mol. The van der Waals surface area contributed by atoms with Gasteiger partial charge in [-0.05, 0) is 18.2 Å². The second kappa shape index (κ2) is 6.05. The van der Waals surface area contributed by atoms with E-state index < -0.39 is 0 Å². The molecule has 0 saturated heterocycles. The molecule has 0 amide bonds. The number of ether oxygens (including phenoxy) is 1. The molecule has 0 fully saturated rings. The molecule has 0 aromatic carbocycles. The van der Waals surface area contributed by atoms with Crippen LogP contribution in [0.2, 0.25) is 0 Å². The summed E-state index contributed by atoms with van der Waals surface area (Å²) >= 11 is 1.79. The summed E-state index contributed by atoms with van der Waals surface area (Å²) in [5.41, 5.74) is 1.26. The Morgan fingerprint density at radius 3 is 3.08 bits per heavy atom. The lowest BCUT2D eigenvalue weighted by atomic mass is 10.3. The molecule has 0 bridgehead atoms. The van der Waals surface area contributed by atoms with Gasteiger partial charge in [0, 0.05) is 11.9 Å². The first kappa shape index (κ1) is 10.6. The molecule has 74 valence electrons. The van der Waals surface area contributed by atoms with Gasteiger partial charge in [-0.25, -0.2) is 4.68 Å². The van der Waals surface area contributed by atoms with Gasteiger partial charge in [0.15, 0.2) is 0 Å². The molecule has 0 atom stereocenters. The summed E-state index contributed by atoms with van der Waals surface area (Å²) in [4.78, 5) is 0. The third-order valence-electron chi connectivity index (χ3n) is 1.75. The molecule has 0 aliphatic carbocycles. The van der Waals surface area contributed by atoms with Crippen LogP contribution in [0.25, 0.3) is 0 Å². The summed E-state index contributed by atoms with van der Waals surface area (Å²) in [6, 6.07) is 0. The van der Waals surface area contributed by atoms with Gasteiger partial charge in [0.05, 0.1) is 12.8 Å². The van der Waals surface area contributed by atoms with Crippen LogP contribution >= 0.6 is 11.8 Å². The minimum atomic E-state index is 0.570. The molecule has 13 heavy (non-hydrogen) atoms. The topological polar surface area (TPSA) is 27.1 Å². The highest BCUT2D eigenvalue weighted by Crippen LogP contribution is 1.98. The summed E-state index contributed by atoms with van der Waals surface area (Å²) in [7, 11) is 0. The summed E-state index contributed by atoms with van der Waals surface area (Å²) in [5.74, 6) is 1.04. The third-order valence-corrected chi connectivity index (χ3v) is 2.33. The summed E-state index contributed by atoms with van der Waals surface area (Å²) in [6.07, 6.45) is 7.02. The number of aromatic nitrogens is 2. The normalized spacial score (nSPS) is 10.6. The first-order valence-electron chi connectivity index (χ1n) is 4.44. The van der Waals surface area contributed by atoms with Crippen molar-refractivity contribution in [2.45, 2.75) is 20.1 Å². The Balaban J connectivity index is 2.20. The minimum absolute atomic E-state index is 0.570. The van der Waals surface area contributed by atoms with Crippen LogP contribution in [-0.4, -0.2) is 28.4 Å². The Bertz CT molecular complexity index is 237. The van der Waals surface area contributed by atoms with Crippen LogP contribution in [0.15, 0.2) is 12.4 Å². The van der Waals surface area contributed by atoms with E-state index >= 15 is 0 Å². The van der Waals surface area contributed by atoms with Gasteiger partial charge in [-0.15, -0.1) is 0 Å². The van der Waals surface area contributed by atoms with Gasteiger partial charge in [-0.2, -0.15) is 16.9 Å². The second-order valence-electron chi connectivity index (χ2n) is 2.77. The van der Waals surface area contributed by atoms with E-state index in [0.29, 0.717) is 6.73 Å². The van der Waals surface area contributed by atoms with E-state index in [-0.39, 0.29) is 0 Å². The number of hydrogen-bond acceptors (Lipinski definition) is 3. The molecule has 0 aliphatic rings. The minimum Gasteiger partial charge on any atom is -0.358 e. The highest BCUT2D eigenvalue weighted by molar-refractivity contribution is 7.98. The van der Waals surface area contributed by atoms with E-state index in [1.54, 1.807) is 11.8 Å². The molecular weight excluding hydrogens is 184 g/mol. The number of thioether (sulfide) groups is 1. The van der Waals surface area contributed by atoms with Gasteiger partial charge in [0.1, 0.15) is 6.73 Å². The van der Waals surface area contributed by atoms with Crippen molar-refractivity contribution < 1.29 is 4.74 Å². The van der Waals surface area contributed by atoms with Crippen LogP contribution in [0.3, 0.4) is 0 Å². The van der Waals surface area contributed by atoms with Gasteiger partial charge < -0.3 is 4.74 Å². The highest BCUT2D eigenvalue weighted by atomic mass is 32.2. The quantitative estimate of drug-likeness (QED) is 0.655. The zero-order valence-corrected chi connectivity index (χ0v) is 9.01. The molecule has 0 radical (unpaired) electrons. The van der Waals surface area contributed by atoms with Gasteiger partial charge in [0.2, 0.25) is 0 Å². The first-order valence-corrected chi connectivity index (χ1v) is 5.84. The lowest BCUT2D eigenvalue weighted by Crippen LogP contribution is -2.05. The Morgan fingerprint density at radius 1 is 1.62 bits per heavy atom. The van der Waals surface area contributed by atoms with Gasteiger partial charge in [0.25, 0.3) is 0 Å². The van der Waals surface area contributed by atoms with Crippen molar-refractivity contribution >= 4 is 11.8 Å². The largest absolute Gasteiger partial charge is 0.358 e. The number of hydrogen-bond donors (Lipinski definition) is 0. The van der Waals surface area contributed by atoms with E-state index in [0.717, 1.165) is 18.8 Å². The van der Waals surface area contributed by atoms with Crippen molar-refractivity contribution in [3.05, 3.63) is 18.0 Å². The maximum atomic E-state index is 5.40. The van der Waals surface area contributed by atoms with Crippen LogP contribution in [0.1, 0.15) is 12.5 Å². The zero-order valence-electron chi connectivity index (χ0n) is 8.19. The number of nitrogens with zero attached hydrogens (tertiary/aromatic N) is 2. The van der Waals surface area contributed by atoms with Crippen LogP contribution in [0, 0.1) is 0 Å². The fourth-order valence-corrected chi connectivity index (χ4v) is 1.24. The van der Waals surface area contributed by atoms with E-state index in [1.165, 1.54) is 5.56 Å². The molecule has 1 rings (SSSR count). The molecule has 1 aromatic rings. The third kappa shape index (κ3) is 3.83. The fraction of sp³-hybridized carbons (Fsp3) is 0.667. The van der Waals surface area contributed by atoms with Crippen molar-refractivity contribution in [1.29, 1.82) is 0 Å². The predicted molar refractivity (Wildman–Crippen MR) is 55.9 cm³/mol. The van der Waals surface area contributed by atoms with Crippen molar-refractivity contribution in [2.75, 3.05) is 18.6 Å². The smallest absolute Gasteiger partial charge is 0.139 e. The Labute approximate surface area is 83.5 Å². The number of aryl methyl sites for hydroxylation is 1. The van der Waals surface area contributed by atoms with Gasteiger partial charge in [-0.1, -0.05) is 6.92 Å². The zero-order chi connectivity index (χ0) is 9.52. The Hall–Kier alpha value is -0.480. The second-order valence-corrected chi connectivity index (χ2v) is 3.76. The monoisotopic (exact) mass is 200 g/mol. The maximum absolute atomic E-state index is 5.40. The van der Waals surface area contributed by atoms with Crippen molar-refractivity contribution in [3.8, 4) is 0 Å². The maximum Gasteiger partial charge on any atom is 0.139 e. The summed E-state index contributed by atoms with van der Waals surface area (Å²) < 4.78 is 7.23. The van der Waals surface area contributed by atoms with Crippen LogP contribution < -0.4 is 0 Å².